The zero-order valence-corrected chi connectivity index (χ0v) is 21.9. The van der Waals surface area contributed by atoms with Gasteiger partial charge in [0.2, 0.25) is 0 Å². The fraction of sp³-hybridized carbons (Fsp3) is 0.966. The molecule has 0 heterocycles. The number of ether oxygens (including phenoxy) is 1. The van der Waals surface area contributed by atoms with Crippen molar-refractivity contribution >= 4 is 6.47 Å². The summed E-state index contributed by atoms with van der Waals surface area (Å²) in [5.41, 5.74) is 1.15. The predicted octanol–water partition coefficient (Wildman–Crippen LogP) is 7.26. The molecule has 8 unspecified atom stereocenters. The number of fused-ring (bicyclic) bond motifs is 5. The van der Waals surface area contributed by atoms with Crippen molar-refractivity contribution in [2.24, 2.45) is 52.3 Å². The van der Waals surface area contributed by atoms with E-state index in [0.29, 0.717) is 17.3 Å². The quantitative estimate of drug-likeness (QED) is 0.435. The molecule has 0 aromatic carbocycles. The number of hydrogen-bond donors (Lipinski definition) is 1. The summed E-state index contributed by atoms with van der Waals surface area (Å²) in [6, 6.07) is 0. The van der Waals surface area contributed by atoms with Crippen molar-refractivity contribution in [3.8, 4) is 0 Å². The van der Waals surface area contributed by atoms with E-state index in [4.69, 9.17) is 4.79 Å². The van der Waals surface area contributed by atoms with Gasteiger partial charge in [0.25, 0.3) is 6.47 Å². The number of carbonyl (C=O) groups is 1. The highest BCUT2D eigenvalue weighted by molar-refractivity contribution is 5.36. The molecule has 0 aliphatic heterocycles. The van der Waals surface area contributed by atoms with E-state index in [2.05, 4.69) is 39.4 Å². The van der Waals surface area contributed by atoms with Gasteiger partial charge in [-0.2, -0.15) is 0 Å². The Labute approximate surface area is 198 Å². The molecule has 4 aliphatic carbocycles. The van der Waals surface area contributed by atoms with Crippen molar-refractivity contribution in [1.29, 1.82) is 0 Å². The molecule has 0 bridgehead atoms. The Morgan fingerprint density at radius 3 is 2.25 bits per heavy atom. The van der Waals surface area contributed by atoms with Gasteiger partial charge in [-0.3, -0.25) is 4.79 Å². The van der Waals surface area contributed by atoms with Gasteiger partial charge in [-0.25, -0.2) is 0 Å². The second kappa shape index (κ2) is 10.8. The van der Waals surface area contributed by atoms with Crippen molar-refractivity contribution in [1.82, 2.24) is 0 Å². The van der Waals surface area contributed by atoms with Crippen LogP contribution >= 0.6 is 0 Å². The summed E-state index contributed by atoms with van der Waals surface area (Å²) in [6.07, 6.45) is 16.6. The van der Waals surface area contributed by atoms with E-state index in [9.17, 15) is 5.11 Å². The third-order valence-electron chi connectivity index (χ3n) is 10.9. The maximum atomic E-state index is 10.3. The number of rotatable bonds is 6. The molecule has 4 aliphatic rings. The van der Waals surface area contributed by atoms with Crippen LogP contribution < -0.4 is 0 Å². The van der Waals surface area contributed by atoms with Gasteiger partial charge < -0.3 is 9.84 Å². The Morgan fingerprint density at radius 1 is 0.938 bits per heavy atom. The van der Waals surface area contributed by atoms with Crippen molar-refractivity contribution in [2.75, 3.05) is 7.11 Å². The molecule has 0 saturated heterocycles. The first kappa shape index (κ1) is 26.0. The summed E-state index contributed by atoms with van der Waals surface area (Å²) in [5, 5.41) is 10.3. The van der Waals surface area contributed by atoms with Gasteiger partial charge >= 0.3 is 0 Å². The molecule has 0 aromatic rings. The molecule has 3 nitrogen and oxygen atoms in total. The van der Waals surface area contributed by atoms with E-state index >= 15 is 0 Å². The molecule has 4 rings (SSSR count). The van der Waals surface area contributed by atoms with E-state index in [1.807, 2.05) is 0 Å². The van der Waals surface area contributed by atoms with Crippen LogP contribution in [-0.2, 0) is 9.53 Å². The first-order chi connectivity index (χ1) is 15.2. The molecule has 3 heteroatoms. The lowest BCUT2D eigenvalue weighted by Crippen LogP contribution is -2.54. The molecule has 0 spiro atoms. The maximum absolute atomic E-state index is 10.3. The largest absolute Gasteiger partial charge is 0.471 e. The minimum atomic E-state index is -0.00830. The highest BCUT2D eigenvalue weighted by atomic mass is 16.5. The lowest BCUT2D eigenvalue weighted by Gasteiger charge is -2.61. The van der Waals surface area contributed by atoms with E-state index in [1.165, 1.54) is 71.3 Å². The molecular weight excluding hydrogens is 396 g/mol. The van der Waals surface area contributed by atoms with Crippen LogP contribution in [-0.4, -0.2) is 24.8 Å². The molecule has 0 amide bonds. The fourth-order valence-corrected chi connectivity index (χ4v) is 9.26. The minimum absolute atomic E-state index is 0.00830. The van der Waals surface area contributed by atoms with Crippen LogP contribution in [0.2, 0.25) is 0 Å². The molecule has 0 radical (unpaired) electrons. The lowest BCUT2D eigenvalue weighted by molar-refractivity contribution is -0.129. The number of carbonyl (C=O) groups excluding carboxylic acids is 1. The van der Waals surface area contributed by atoms with Crippen LogP contribution in [0.4, 0.5) is 0 Å². The highest BCUT2D eigenvalue weighted by Gasteiger charge is 2.60. The molecule has 4 saturated carbocycles. The van der Waals surface area contributed by atoms with Crippen LogP contribution in [0.1, 0.15) is 112 Å². The molecule has 186 valence electrons. The Balaban J connectivity index is 0.000000668. The van der Waals surface area contributed by atoms with Crippen molar-refractivity contribution in [2.45, 2.75) is 118 Å². The summed E-state index contributed by atoms with van der Waals surface area (Å²) >= 11 is 0. The van der Waals surface area contributed by atoms with Crippen molar-refractivity contribution < 1.29 is 14.6 Å². The number of hydrogen-bond acceptors (Lipinski definition) is 3. The van der Waals surface area contributed by atoms with Crippen LogP contribution in [0.25, 0.3) is 0 Å². The first-order valence-corrected chi connectivity index (χ1v) is 13.8. The third-order valence-corrected chi connectivity index (χ3v) is 10.9. The van der Waals surface area contributed by atoms with Crippen LogP contribution in [0.5, 0.6) is 0 Å². The molecule has 4 fully saturated rings. The van der Waals surface area contributed by atoms with Gasteiger partial charge in [0.15, 0.2) is 0 Å². The van der Waals surface area contributed by atoms with Crippen LogP contribution in [0, 0.1) is 52.3 Å². The summed E-state index contributed by atoms with van der Waals surface area (Å²) in [7, 11) is 1.31. The van der Waals surface area contributed by atoms with Gasteiger partial charge in [-0.05, 0) is 110 Å². The Hall–Kier alpha value is -0.570. The fourth-order valence-electron chi connectivity index (χ4n) is 9.26. The number of aliphatic hydroxyl groups is 1. The molecule has 0 aromatic heterocycles. The average Bonchev–Trinajstić information content (AvgIpc) is 3.11. The van der Waals surface area contributed by atoms with E-state index < -0.39 is 0 Å². The highest BCUT2D eigenvalue weighted by Crippen LogP contribution is 2.68. The van der Waals surface area contributed by atoms with Crippen LogP contribution in [0.15, 0.2) is 0 Å². The minimum Gasteiger partial charge on any atom is -0.471 e. The summed E-state index contributed by atoms with van der Waals surface area (Å²) in [4.78, 5) is 8.95. The monoisotopic (exact) mass is 448 g/mol. The number of aliphatic hydroxyl groups excluding tert-OH is 1. The molecule has 1 N–H and O–H groups in total. The van der Waals surface area contributed by atoms with Crippen molar-refractivity contribution in [3.05, 3.63) is 0 Å². The number of methoxy groups -OCH3 is 1. The van der Waals surface area contributed by atoms with E-state index in [1.54, 1.807) is 0 Å². The standard InChI is InChI=1S/C27H48O.C2H4O2/c1-18(2)7-6-8-19(3)23-11-12-24-22-10-9-20-17-21(28)13-15-26(20,4)25(22)14-16-27(23,24)5;1-4-2-3/h18-25,28H,6-17H2,1-5H3;2H,1H3/t19-,20?,21?,22?,23?,24?,25?,26?,27?;/m1./s1. The topological polar surface area (TPSA) is 46.5 Å². The van der Waals surface area contributed by atoms with Crippen molar-refractivity contribution in [3.63, 3.8) is 0 Å². The van der Waals surface area contributed by atoms with Gasteiger partial charge in [-0.15, -0.1) is 0 Å². The van der Waals surface area contributed by atoms with E-state index in [0.717, 1.165) is 54.3 Å². The Kier molecular flexibility index (Phi) is 8.78. The van der Waals surface area contributed by atoms with Crippen LogP contribution in [0.3, 0.4) is 0 Å². The summed E-state index contributed by atoms with van der Waals surface area (Å²) in [6.45, 7) is 13.1. The summed E-state index contributed by atoms with van der Waals surface area (Å²) in [5.74, 6) is 6.49. The molecule has 9 atom stereocenters. The normalized spacial score (nSPS) is 43.9. The molecule has 32 heavy (non-hydrogen) atoms. The maximum Gasteiger partial charge on any atom is 0.292 e. The van der Waals surface area contributed by atoms with E-state index in [-0.39, 0.29) is 6.10 Å². The van der Waals surface area contributed by atoms with Gasteiger partial charge in [-0.1, -0.05) is 53.9 Å². The second-order valence-corrected chi connectivity index (χ2v) is 12.9. The first-order valence-electron chi connectivity index (χ1n) is 13.8. The second-order valence-electron chi connectivity index (χ2n) is 12.9. The smallest absolute Gasteiger partial charge is 0.292 e. The lowest BCUT2D eigenvalue weighted by atomic mass is 9.44. The zero-order chi connectivity index (χ0) is 23.5. The van der Waals surface area contributed by atoms with Gasteiger partial charge in [0, 0.05) is 0 Å². The SMILES string of the molecule is CC(C)CCC[C@@H](C)C1CCC2C3CCC4CC(O)CCC4(C)C3CCC21C.COC=O. The van der Waals surface area contributed by atoms with Gasteiger partial charge in [0.05, 0.1) is 13.2 Å². The zero-order valence-electron chi connectivity index (χ0n) is 21.9. The average molecular weight is 449 g/mol. The predicted molar refractivity (Wildman–Crippen MR) is 132 cm³/mol. The van der Waals surface area contributed by atoms with Gasteiger partial charge in [0.1, 0.15) is 0 Å². The Bertz CT molecular complexity index is 603. The summed E-state index contributed by atoms with van der Waals surface area (Å²) < 4.78 is 3.86. The molecular formula is C29H52O3. The Morgan fingerprint density at radius 2 is 1.59 bits per heavy atom. The third kappa shape index (κ3) is 5.08.